The molecule has 1 saturated heterocycles. The van der Waals surface area contributed by atoms with Crippen LogP contribution in [0.2, 0.25) is 0 Å². The third-order valence-corrected chi connectivity index (χ3v) is 7.51. The summed E-state index contributed by atoms with van der Waals surface area (Å²) in [7, 11) is -1.33. The number of benzene rings is 1. The van der Waals surface area contributed by atoms with Gasteiger partial charge in [-0.1, -0.05) is 17.8 Å². The Balaban J connectivity index is 1.65. The molecule has 0 bridgehead atoms. The molecule has 7 nitrogen and oxygen atoms in total. The number of amides is 1. The fourth-order valence-corrected chi connectivity index (χ4v) is 6.62. The maximum Gasteiger partial charge on any atom is 0.251 e. The standard InChI is InChI=1S/C17H23N3O4S2/c1-11-4-5-12(16(21)18-6-3-7-24-2)8-13(11)19-17-20-14-9-26(22,23)10-15(14)25-17/h4-5,8,14-15H,3,6-7,9-10H2,1-2H3,(H,18,21)(H,19,20)/t14-,15+/m0/s1. The number of aryl methyl sites for hydroxylation is 1. The summed E-state index contributed by atoms with van der Waals surface area (Å²) in [5, 5.41) is 6.84. The summed E-state index contributed by atoms with van der Waals surface area (Å²) in [6, 6.07) is 5.31. The molecule has 0 spiro atoms. The summed E-state index contributed by atoms with van der Waals surface area (Å²) >= 11 is 1.47. The molecule has 0 radical (unpaired) electrons. The molecule has 1 aromatic carbocycles. The second-order valence-electron chi connectivity index (χ2n) is 6.49. The smallest absolute Gasteiger partial charge is 0.251 e. The molecule has 1 aromatic rings. The van der Waals surface area contributed by atoms with Crippen molar-refractivity contribution in [1.29, 1.82) is 0 Å². The van der Waals surface area contributed by atoms with Crippen LogP contribution in [0, 0.1) is 6.92 Å². The first-order chi connectivity index (χ1) is 12.4. The number of sulfone groups is 1. The lowest BCUT2D eigenvalue weighted by Gasteiger charge is -2.12. The summed E-state index contributed by atoms with van der Waals surface area (Å²) in [5.41, 5.74) is 2.37. The average molecular weight is 398 g/mol. The Labute approximate surface area is 157 Å². The number of hydrogen-bond acceptors (Lipinski definition) is 7. The molecule has 0 unspecified atom stereocenters. The Morgan fingerprint density at radius 2 is 2.19 bits per heavy atom. The molecule has 0 saturated carbocycles. The Morgan fingerprint density at radius 3 is 2.92 bits per heavy atom. The monoisotopic (exact) mass is 397 g/mol. The van der Waals surface area contributed by atoms with Crippen molar-refractivity contribution < 1.29 is 17.9 Å². The number of fused-ring (bicyclic) bond motifs is 1. The lowest BCUT2D eigenvalue weighted by molar-refractivity contribution is 0.0948. The number of amidine groups is 1. The first-order valence-corrected chi connectivity index (χ1v) is 11.2. The third kappa shape index (κ3) is 4.57. The van der Waals surface area contributed by atoms with Crippen LogP contribution in [0.4, 0.5) is 5.69 Å². The number of hydrogen-bond donors (Lipinski definition) is 2. The number of anilines is 1. The van der Waals surface area contributed by atoms with E-state index in [1.54, 1.807) is 19.2 Å². The zero-order chi connectivity index (χ0) is 18.7. The van der Waals surface area contributed by atoms with Gasteiger partial charge in [-0.15, -0.1) is 0 Å². The van der Waals surface area contributed by atoms with Crippen molar-refractivity contribution in [1.82, 2.24) is 5.32 Å². The Hall–Kier alpha value is -1.58. The van der Waals surface area contributed by atoms with Crippen molar-refractivity contribution in [3.8, 4) is 0 Å². The number of methoxy groups -OCH3 is 1. The maximum atomic E-state index is 12.3. The zero-order valence-corrected chi connectivity index (χ0v) is 16.5. The van der Waals surface area contributed by atoms with Crippen LogP contribution in [0.5, 0.6) is 0 Å². The Bertz CT molecular complexity index is 823. The van der Waals surface area contributed by atoms with Crippen molar-refractivity contribution in [2.45, 2.75) is 24.6 Å². The summed E-state index contributed by atoms with van der Waals surface area (Å²) in [6.45, 7) is 3.12. The van der Waals surface area contributed by atoms with Crippen LogP contribution >= 0.6 is 11.8 Å². The largest absolute Gasteiger partial charge is 0.385 e. The predicted octanol–water partition coefficient (Wildman–Crippen LogP) is 1.44. The molecule has 2 aliphatic heterocycles. The Kier molecular flexibility index (Phi) is 5.89. The lowest BCUT2D eigenvalue weighted by atomic mass is 10.1. The molecule has 26 heavy (non-hydrogen) atoms. The van der Waals surface area contributed by atoms with Crippen molar-refractivity contribution in [2.75, 3.05) is 37.1 Å². The molecule has 9 heteroatoms. The van der Waals surface area contributed by atoms with Crippen molar-refractivity contribution in [3.63, 3.8) is 0 Å². The molecule has 2 aliphatic rings. The van der Waals surface area contributed by atoms with Crippen molar-refractivity contribution in [2.24, 2.45) is 4.99 Å². The predicted molar refractivity (Wildman–Crippen MR) is 105 cm³/mol. The zero-order valence-electron chi connectivity index (χ0n) is 14.8. The van der Waals surface area contributed by atoms with E-state index < -0.39 is 9.84 Å². The van der Waals surface area contributed by atoms with Gasteiger partial charge < -0.3 is 15.4 Å². The fraction of sp³-hybridized carbons (Fsp3) is 0.529. The highest BCUT2D eigenvalue weighted by atomic mass is 32.2. The summed E-state index contributed by atoms with van der Waals surface area (Å²) in [4.78, 5) is 16.8. The van der Waals surface area contributed by atoms with E-state index in [0.29, 0.717) is 18.7 Å². The number of aliphatic imine (C=N–C) groups is 1. The summed E-state index contributed by atoms with van der Waals surface area (Å²) in [6.07, 6.45) is 0.762. The van der Waals surface area contributed by atoms with Crippen LogP contribution in [0.1, 0.15) is 22.3 Å². The number of nitrogens with one attached hydrogen (secondary N) is 2. The third-order valence-electron chi connectivity index (χ3n) is 4.37. The Morgan fingerprint density at radius 1 is 1.38 bits per heavy atom. The number of ether oxygens (including phenoxy) is 1. The number of carbonyl (C=O) groups excluding carboxylic acids is 1. The first-order valence-electron chi connectivity index (χ1n) is 8.47. The van der Waals surface area contributed by atoms with Crippen LogP contribution in [-0.2, 0) is 14.6 Å². The second kappa shape index (κ2) is 7.98. The molecular weight excluding hydrogens is 374 g/mol. The molecule has 3 rings (SSSR count). The van der Waals surface area contributed by atoms with Gasteiger partial charge in [0.2, 0.25) is 0 Å². The minimum atomic E-state index is -2.96. The topological polar surface area (TPSA) is 96.9 Å². The van der Waals surface area contributed by atoms with Gasteiger partial charge in [-0.2, -0.15) is 0 Å². The normalized spacial score (nSPS) is 23.4. The molecule has 142 valence electrons. The van der Waals surface area contributed by atoms with Gasteiger partial charge in [0.25, 0.3) is 5.91 Å². The molecule has 0 aromatic heterocycles. The van der Waals surface area contributed by atoms with E-state index in [-0.39, 0.29) is 28.7 Å². The van der Waals surface area contributed by atoms with Gasteiger partial charge in [0, 0.05) is 36.8 Å². The second-order valence-corrected chi connectivity index (χ2v) is 9.87. The van der Waals surface area contributed by atoms with Gasteiger partial charge in [0.05, 0.1) is 17.5 Å². The van der Waals surface area contributed by atoms with Gasteiger partial charge >= 0.3 is 0 Å². The molecule has 1 amide bonds. The maximum absolute atomic E-state index is 12.3. The van der Waals surface area contributed by atoms with E-state index in [2.05, 4.69) is 15.6 Å². The van der Waals surface area contributed by atoms with Gasteiger partial charge in [-0.05, 0) is 31.0 Å². The van der Waals surface area contributed by atoms with Gasteiger partial charge in [0.1, 0.15) is 0 Å². The van der Waals surface area contributed by atoms with Gasteiger partial charge in [-0.3, -0.25) is 9.79 Å². The minimum Gasteiger partial charge on any atom is -0.385 e. The van der Waals surface area contributed by atoms with Gasteiger partial charge in [-0.25, -0.2) is 8.42 Å². The van der Waals surface area contributed by atoms with Crippen molar-refractivity contribution in [3.05, 3.63) is 29.3 Å². The van der Waals surface area contributed by atoms with E-state index in [4.69, 9.17) is 4.74 Å². The molecule has 1 fully saturated rings. The van der Waals surface area contributed by atoms with E-state index in [1.165, 1.54) is 11.8 Å². The highest BCUT2D eigenvalue weighted by Gasteiger charge is 2.42. The number of rotatable bonds is 6. The number of thioether (sulfide) groups is 1. The lowest BCUT2D eigenvalue weighted by Crippen LogP contribution is -2.25. The van der Waals surface area contributed by atoms with Crippen LogP contribution in [0.15, 0.2) is 23.2 Å². The van der Waals surface area contributed by atoms with Gasteiger partial charge in [0.15, 0.2) is 15.0 Å². The minimum absolute atomic E-state index is 0.00456. The number of carbonyl (C=O) groups is 1. The SMILES string of the molecule is COCCCNC(=O)c1ccc(C)c(NC2=N[C@H]3CS(=O)(=O)C[C@H]3S2)c1. The van der Waals surface area contributed by atoms with Crippen LogP contribution in [0.25, 0.3) is 0 Å². The molecule has 2 atom stereocenters. The van der Waals surface area contributed by atoms with E-state index in [0.717, 1.165) is 22.8 Å². The van der Waals surface area contributed by atoms with Crippen LogP contribution in [-0.4, -0.2) is 62.6 Å². The van der Waals surface area contributed by atoms with Crippen molar-refractivity contribution >= 4 is 38.4 Å². The molecular formula is C17H23N3O4S2. The molecule has 2 N–H and O–H groups in total. The highest BCUT2D eigenvalue weighted by molar-refractivity contribution is 8.15. The molecule has 2 heterocycles. The summed E-state index contributed by atoms with van der Waals surface area (Å²) in [5.74, 6) is 0.173. The fourth-order valence-electron chi connectivity index (χ4n) is 2.95. The van der Waals surface area contributed by atoms with E-state index >= 15 is 0 Å². The van der Waals surface area contributed by atoms with E-state index in [9.17, 15) is 13.2 Å². The van der Waals surface area contributed by atoms with Crippen LogP contribution < -0.4 is 10.6 Å². The summed E-state index contributed by atoms with van der Waals surface area (Å²) < 4.78 is 28.3. The quantitative estimate of drug-likeness (QED) is 0.705. The van der Waals surface area contributed by atoms with Crippen LogP contribution in [0.3, 0.4) is 0 Å². The van der Waals surface area contributed by atoms with E-state index in [1.807, 2.05) is 13.0 Å². The first kappa shape index (κ1) is 19.2. The number of nitrogens with zero attached hydrogens (tertiary/aromatic N) is 1. The molecule has 0 aliphatic carbocycles. The average Bonchev–Trinajstić information content (AvgIpc) is 3.06. The highest BCUT2D eigenvalue weighted by Crippen LogP contribution is 2.35.